The van der Waals surface area contributed by atoms with Crippen LogP contribution in [-0.4, -0.2) is 43.2 Å². The van der Waals surface area contributed by atoms with Crippen LogP contribution in [0.2, 0.25) is 0 Å². The average molecular weight is 342 g/mol. The van der Waals surface area contributed by atoms with Gasteiger partial charge in [0.25, 0.3) is 0 Å². The van der Waals surface area contributed by atoms with Crippen molar-refractivity contribution >= 4 is 41.7 Å². The third-order valence-corrected chi connectivity index (χ3v) is 4.82. The molecule has 2 heterocycles. The van der Waals surface area contributed by atoms with E-state index in [-0.39, 0.29) is 36.8 Å². The summed E-state index contributed by atoms with van der Waals surface area (Å²) in [7, 11) is 0. The summed E-state index contributed by atoms with van der Waals surface area (Å²) in [6, 6.07) is 7.91. The Morgan fingerprint density at radius 2 is 2.23 bits per heavy atom. The van der Waals surface area contributed by atoms with E-state index in [0.717, 1.165) is 36.5 Å². The monoisotopic (exact) mass is 341 g/mol. The molecule has 0 saturated carbocycles. The van der Waals surface area contributed by atoms with E-state index in [1.54, 1.807) is 4.90 Å². The first kappa shape index (κ1) is 17.1. The number of carbonyl (C=O) groups excluding carboxylic acids is 2. The highest BCUT2D eigenvalue weighted by atomic mass is 35.5. The van der Waals surface area contributed by atoms with Crippen molar-refractivity contribution in [3.05, 3.63) is 24.3 Å². The second kappa shape index (κ2) is 7.85. The molecule has 1 aromatic rings. The van der Waals surface area contributed by atoms with E-state index >= 15 is 0 Å². The molecule has 3 rings (SSSR count). The van der Waals surface area contributed by atoms with E-state index in [9.17, 15) is 9.59 Å². The Hall–Kier alpha value is -1.24. The molecule has 5 nitrogen and oxygen atoms in total. The number of nitrogens with one attached hydrogen (secondary N) is 2. The van der Waals surface area contributed by atoms with Crippen molar-refractivity contribution in [3.8, 4) is 0 Å². The molecule has 0 aromatic heterocycles. The predicted octanol–water partition coefficient (Wildman–Crippen LogP) is 1.42. The molecule has 1 aromatic carbocycles. The number of anilines is 1. The molecule has 2 aliphatic rings. The van der Waals surface area contributed by atoms with E-state index in [0.29, 0.717) is 5.75 Å². The van der Waals surface area contributed by atoms with Crippen molar-refractivity contribution in [1.82, 2.24) is 10.6 Å². The van der Waals surface area contributed by atoms with Crippen LogP contribution in [-0.2, 0) is 9.59 Å². The minimum Gasteiger partial charge on any atom is -0.351 e. The van der Waals surface area contributed by atoms with Crippen molar-refractivity contribution in [2.24, 2.45) is 0 Å². The van der Waals surface area contributed by atoms with Gasteiger partial charge in [-0.25, -0.2) is 0 Å². The summed E-state index contributed by atoms with van der Waals surface area (Å²) in [5.41, 5.74) is 0.843. The maximum atomic E-state index is 12.2. The second-order valence-electron chi connectivity index (χ2n) is 5.35. The molecule has 1 atom stereocenters. The van der Waals surface area contributed by atoms with Crippen molar-refractivity contribution in [3.63, 3.8) is 0 Å². The summed E-state index contributed by atoms with van der Waals surface area (Å²) in [6.45, 7) is 1.93. The second-order valence-corrected chi connectivity index (χ2v) is 6.36. The normalized spacial score (nSPS) is 20.8. The van der Waals surface area contributed by atoms with E-state index in [1.165, 1.54) is 11.8 Å². The van der Waals surface area contributed by atoms with Gasteiger partial charge in [0, 0.05) is 17.5 Å². The van der Waals surface area contributed by atoms with Crippen LogP contribution in [0.3, 0.4) is 0 Å². The predicted molar refractivity (Wildman–Crippen MR) is 90.8 cm³/mol. The van der Waals surface area contributed by atoms with Gasteiger partial charge < -0.3 is 15.5 Å². The van der Waals surface area contributed by atoms with Gasteiger partial charge in [0.2, 0.25) is 11.8 Å². The molecular weight excluding hydrogens is 322 g/mol. The first-order chi connectivity index (χ1) is 10.2. The summed E-state index contributed by atoms with van der Waals surface area (Å²) in [6.07, 6.45) is 2.08. The van der Waals surface area contributed by atoms with E-state index < -0.39 is 0 Å². The number of halogens is 1. The molecule has 2 aliphatic heterocycles. The first-order valence-corrected chi connectivity index (χ1v) is 8.25. The Balaban J connectivity index is 0.00000176. The maximum Gasteiger partial charge on any atom is 0.240 e. The third kappa shape index (κ3) is 3.94. The molecule has 0 unspecified atom stereocenters. The Labute approximate surface area is 140 Å². The highest BCUT2D eigenvalue weighted by molar-refractivity contribution is 8.00. The molecule has 7 heteroatoms. The van der Waals surface area contributed by atoms with E-state index in [1.807, 2.05) is 24.3 Å². The molecule has 0 bridgehead atoms. The Bertz CT molecular complexity index is 549. The molecule has 2 amide bonds. The number of thioether (sulfide) groups is 1. The van der Waals surface area contributed by atoms with Gasteiger partial charge in [-0.2, -0.15) is 0 Å². The quantitative estimate of drug-likeness (QED) is 0.872. The van der Waals surface area contributed by atoms with Gasteiger partial charge in [-0.3, -0.25) is 9.59 Å². The highest BCUT2D eigenvalue weighted by Gasteiger charge is 2.27. The highest BCUT2D eigenvalue weighted by Crippen LogP contribution is 2.34. The minimum absolute atomic E-state index is 0. The lowest BCUT2D eigenvalue weighted by molar-refractivity contribution is -0.123. The summed E-state index contributed by atoms with van der Waals surface area (Å²) < 4.78 is 0. The lowest BCUT2D eigenvalue weighted by atomic mass is 10.1. The average Bonchev–Trinajstić information content (AvgIpc) is 2.51. The van der Waals surface area contributed by atoms with Gasteiger partial charge in [0.05, 0.1) is 11.4 Å². The van der Waals surface area contributed by atoms with Crippen molar-refractivity contribution in [2.75, 3.05) is 30.3 Å². The number of nitrogens with zero attached hydrogens (tertiary/aromatic N) is 1. The summed E-state index contributed by atoms with van der Waals surface area (Å²) >= 11 is 1.53. The molecular formula is C15H20ClN3O2S. The Morgan fingerprint density at radius 1 is 1.41 bits per heavy atom. The van der Waals surface area contributed by atoms with Crippen molar-refractivity contribution in [1.29, 1.82) is 0 Å². The number of carbonyl (C=O) groups is 2. The van der Waals surface area contributed by atoms with Crippen LogP contribution in [0.25, 0.3) is 0 Å². The molecule has 0 aliphatic carbocycles. The van der Waals surface area contributed by atoms with Crippen LogP contribution < -0.4 is 15.5 Å². The molecule has 1 saturated heterocycles. The number of para-hydroxylation sites is 1. The van der Waals surface area contributed by atoms with E-state index in [4.69, 9.17) is 0 Å². The smallest absolute Gasteiger partial charge is 0.240 e. The first-order valence-electron chi connectivity index (χ1n) is 7.26. The third-order valence-electron chi connectivity index (χ3n) is 3.77. The number of benzene rings is 1. The van der Waals surface area contributed by atoms with Crippen LogP contribution in [0.4, 0.5) is 5.69 Å². The lowest BCUT2D eigenvalue weighted by Crippen LogP contribution is -2.50. The largest absolute Gasteiger partial charge is 0.351 e. The van der Waals surface area contributed by atoms with Crippen LogP contribution >= 0.6 is 24.2 Å². The lowest BCUT2D eigenvalue weighted by Gasteiger charge is -2.30. The van der Waals surface area contributed by atoms with Crippen LogP contribution in [0.15, 0.2) is 29.2 Å². The number of fused-ring (bicyclic) bond motifs is 1. The zero-order chi connectivity index (χ0) is 14.7. The van der Waals surface area contributed by atoms with Gasteiger partial charge in [-0.1, -0.05) is 12.1 Å². The number of rotatable bonds is 3. The zero-order valence-electron chi connectivity index (χ0n) is 12.2. The molecule has 120 valence electrons. The standard InChI is InChI=1S/C15H19N3O2S.ClH/c19-14(17-11-4-3-7-16-8-11)9-18-12-5-1-2-6-13(12)21-10-15(18)20;/h1-2,5-6,11,16H,3-4,7-10H2,(H,17,19);1H/t11-;/m0./s1. The van der Waals surface area contributed by atoms with Crippen LogP contribution in [0.5, 0.6) is 0 Å². The topological polar surface area (TPSA) is 61.4 Å². The molecule has 1 fully saturated rings. The fourth-order valence-electron chi connectivity index (χ4n) is 2.72. The fraction of sp³-hybridized carbons (Fsp3) is 0.467. The number of amides is 2. The maximum absolute atomic E-state index is 12.2. The SMILES string of the molecule is Cl.O=C(CN1C(=O)CSc2ccccc21)N[C@H]1CCCNC1. The van der Waals surface area contributed by atoms with Crippen molar-refractivity contribution < 1.29 is 9.59 Å². The Morgan fingerprint density at radius 3 is 3.00 bits per heavy atom. The van der Waals surface area contributed by atoms with Gasteiger partial charge in [-0.05, 0) is 31.5 Å². The number of hydrogen-bond donors (Lipinski definition) is 2. The molecule has 2 N–H and O–H groups in total. The minimum atomic E-state index is -0.0845. The van der Waals surface area contributed by atoms with E-state index in [2.05, 4.69) is 10.6 Å². The molecule has 22 heavy (non-hydrogen) atoms. The zero-order valence-corrected chi connectivity index (χ0v) is 13.8. The van der Waals surface area contributed by atoms with Crippen LogP contribution in [0.1, 0.15) is 12.8 Å². The van der Waals surface area contributed by atoms with Gasteiger partial charge in [0.15, 0.2) is 0 Å². The molecule has 0 spiro atoms. The molecule has 0 radical (unpaired) electrons. The summed E-state index contributed by atoms with van der Waals surface area (Å²) in [5.74, 6) is 0.310. The van der Waals surface area contributed by atoms with Crippen LogP contribution in [0, 0.1) is 0 Å². The van der Waals surface area contributed by atoms with Gasteiger partial charge in [-0.15, -0.1) is 24.2 Å². The summed E-state index contributed by atoms with van der Waals surface area (Å²) in [4.78, 5) is 26.9. The number of piperidine rings is 1. The van der Waals surface area contributed by atoms with Crippen molar-refractivity contribution in [2.45, 2.75) is 23.8 Å². The van der Waals surface area contributed by atoms with Gasteiger partial charge >= 0.3 is 0 Å². The Kier molecular flexibility index (Phi) is 6.11. The number of hydrogen-bond acceptors (Lipinski definition) is 4. The fourth-order valence-corrected chi connectivity index (χ4v) is 3.65. The summed E-state index contributed by atoms with van der Waals surface area (Å²) in [5, 5.41) is 6.29. The van der Waals surface area contributed by atoms with Gasteiger partial charge in [0.1, 0.15) is 6.54 Å².